The molecule has 0 aliphatic carbocycles. The number of hydrazone groups is 1. The van der Waals surface area contributed by atoms with Crippen molar-refractivity contribution in [1.82, 2.24) is 5.01 Å². The molecule has 150 valence electrons. The molecule has 0 saturated carbocycles. The molecule has 0 fully saturated rings. The maximum Gasteiger partial charge on any atom is 0.271 e. The first kappa shape index (κ1) is 20.2. The van der Waals surface area contributed by atoms with E-state index in [0.717, 1.165) is 17.0 Å². The molecule has 0 spiro atoms. The Morgan fingerprint density at radius 3 is 2.28 bits per heavy atom. The van der Waals surface area contributed by atoms with Gasteiger partial charge in [-0.2, -0.15) is 5.10 Å². The van der Waals surface area contributed by atoms with Gasteiger partial charge >= 0.3 is 0 Å². The number of nitrogens with one attached hydrogen (secondary N) is 2. The summed E-state index contributed by atoms with van der Waals surface area (Å²) in [5.74, 6) is -1.65. The Hall–Kier alpha value is -3.55. The van der Waals surface area contributed by atoms with Gasteiger partial charge in [-0.3, -0.25) is 14.4 Å². The average Bonchev–Trinajstić information content (AvgIpc) is 2.72. The van der Waals surface area contributed by atoms with Crippen LogP contribution < -0.4 is 10.6 Å². The first-order chi connectivity index (χ1) is 13.9. The highest BCUT2D eigenvalue weighted by atomic mass is 19.1. The fourth-order valence-corrected chi connectivity index (χ4v) is 2.79. The quantitative estimate of drug-likeness (QED) is 0.787. The Bertz CT molecular complexity index is 939. The molecule has 3 amide bonds. The highest BCUT2D eigenvalue weighted by Crippen LogP contribution is 2.14. The molecule has 0 aromatic heterocycles. The number of carbonyl (C=O) groups excluding carboxylic acids is 3. The van der Waals surface area contributed by atoms with E-state index in [9.17, 15) is 18.8 Å². The van der Waals surface area contributed by atoms with Crippen LogP contribution in [0.5, 0.6) is 0 Å². The third-order valence-electron chi connectivity index (χ3n) is 4.41. The van der Waals surface area contributed by atoms with Gasteiger partial charge < -0.3 is 10.6 Å². The zero-order chi connectivity index (χ0) is 20.8. The van der Waals surface area contributed by atoms with Crippen molar-refractivity contribution < 1.29 is 18.8 Å². The van der Waals surface area contributed by atoms with Crippen LogP contribution in [0.15, 0.2) is 53.6 Å². The van der Waals surface area contributed by atoms with Gasteiger partial charge in [0.2, 0.25) is 11.8 Å². The molecular weight excluding hydrogens is 375 g/mol. The maximum absolute atomic E-state index is 13.0. The van der Waals surface area contributed by atoms with E-state index in [0.29, 0.717) is 11.4 Å². The number of carbonyl (C=O) groups is 3. The third kappa shape index (κ3) is 5.47. The predicted molar refractivity (Wildman–Crippen MR) is 108 cm³/mol. The molecular formula is C21H21FN4O3. The van der Waals surface area contributed by atoms with Crippen LogP contribution in [-0.4, -0.2) is 35.0 Å². The van der Waals surface area contributed by atoms with Gasteiger partial charge in [-0.1, -0.05) is 19.1 Å². The van der Waals surface area contributed by atoms with Crippen molar-refractivity contribution in [2.45, 2.75) is 26.2 Å². The van der Waals surface area contributed by atoms with Crippen molar-refractivity contribution in [2.75, 3.05) is 17.2 Å². The Kier molecular flexibility index (Phi) is 6.33. The molecule has 29 heavy (non-hydrogen) atoms. The van der Waals surface area contributed by atoms with Crippen molar-refractivity contribution in [3.05, 3.63) is 59.9 Å². The average molecular weight is 396 g/mol. The Balaban J connectivity index is 1.62. The lowest BCUT2D eigenvalue weighted by Gasteiger charge is -2.22. The van der Waals surface area contributed by atoms with Crippen LogP contribution in [0.3, 0.4) is 0 Å². The number of nitrogens with zero attached hydrogens (tertiary/aromatic N) is 2. The van der Waals surface area contributed by atoms with E-state index in [-0.39, 0.29) is 31.0 Å². The van der Waals surface area contributed by atoms with Crippen LogP contribution in [0.2, 0.25) is 0 Å². The van der Waals surface area contributed by atoms with Crippen molar-refractivity contribution in [1.29, 1.82) is 0 Å². The zero-order valence-electron chi connectivity index (χ0n) is 15.9. The molecule has 2 aromatic rings. The van der Waals surface area contributed by atoms with E-state index >= 15 is 0 Å². The number of hydrogen-bond acceptors (Lipinski definition) is 4. The highest BCUT2D eigenvalue weighted by molar-refractivity contribution is 6.43. The molecule has 7 nitrogen and oxygen atoms in total. The molecule has 2 N–H and O–H groups in total. The van der Waals surface area contributed by atoms with Crippen LogP contribution in [0.4, 0.5) is 15.8 Å². The van der Waals surface area contributed by atoms with E-state index in [2.05, 4.69) is 15.7 Å². The summed E-state index contributed by atoms with van der Waals surface area (Å²) in [4.78, 5) is 36.7. The SMILES string of the molecule is CCc1ccc(NC(=O)CN2N=C(C(=O)Nc3ccc(F)cc3)CCC2=O)cc1. The number of halogens is 1. The molecule has 0 unspecified atom stereocenters. The van der Waals surface area contributed by atoms with Gasteiger partial charge in [-0.15, -0.1) is 0 Å². The molecule has 3 rings (SSSR count). The topological polar surface area (TPSA) is 90.9 Å². The Morgan fingerprint density at radius 2 is 1.62 bits per heavy atom. The van der Waals surface area contributed by atoms with Crippen LogP contribution in [0, 0.1) is 5.82 Å². The molecule has 1 aliphatic heterocycles. The number of rotatable bonds is 6. The van der Waals surface area contributed by atoms with E-state index in [1.807, 2.05) is 19.1 Å². The van der Waals surface area contributed by atoms with Gasteiger partial charge in [0.05, 0.1) is 0 Å². The minimum atomic E-state index is -0.496. The summed E-state index contributed by atoms with van der Waals surface area (Å²) in [6.07, 6.45) is 1.14. The van der Waals surface area contributed by atoms with Crippen LogP contribution in [-0.2, 0) is 20.8 Å². The van der Waals surface area contributed by atoms with Crippen molar-refractivity contribution in [2.24, 2.45) is 5.10 Å². The molecule has 0 bridgehead atoms. The second-order valence-corrected chi connectivity index (χ2v) is 6.56. The molecule has 0 radical (unpaired) electrons. The van der Waals surface area contributed by atoms with Gasteiger partial charge in [0.15, 0.2) is 0 Å². The lowest BCUT2D eigenvalue weighted by molar-refractivity contribution is -0.135. The summed E-state index contributed by atoms with van der Waals surface area (Å²) in [5.41, 5.74) is 2.32. The van der Waals surface area contributed by atoms with Gasteiger partial charge in [0.1, 0.15) is 18.1 Å². The van der Waals surface area contributed by atoms with Gasteiger partial charge in [0.25, 0.3) is 5.91 Å². The highest BCUT2D eigenvalue weighted by Gasteiger charge is 2.26. The first-order valence-electron chi connectivity index (χ1n) is 9.28. The normalized spacial score (nSPS) is 13.7. The first-order valence-corrected chi connectivity index (χ1v) is 9.28. The monoisotopic (exact) mass is 396 g/mol. The second-order valence-electron chi connectivity index (χ2n) is 6.56. The molecule has 0 saturated heterocycles. The molecule has 1 aliphatic rings. The van der Waals surface area contributed by atoms with E-state index in [1.54, 1.807) is 12.1 Å². The van der Waals surface area contributed by atoms with Crippen LogP contribution in [0.1, 0.15) is 25.3 Å². The fraction of sp³-hybridized carbons (Fsp3) is 0.238. The molecule has 0 atom stereocenters. The maximum atomic E-state index is 13.0. The zero-order valence-corrected chi connectivity index (χ0v) is 15.9. The summed E-state index contributed by atoms with van der Waals surface area (Å²) in [5, 5.41) is 10.4. The van der Waals surface area contributed by atoms with E-state index in [1.165, 1.54) is 24.3 Å². The number of aryl methyl sites for hydroxylation is 1. The largest absolute Gasteiger partial charge is 0.324 e. The van der Waals surface area contributed by atoms with Crippen molar-refractivity contribution >= 4 is 34.8 Å². The van der Waals surface area contributed by atoms with Crippen LogP contribution in [0.25, 0.3) is 0 Å². The Labute approximate surface area is 167 Å². The second kappa shape index (κ2) is 9.09. The van der Waals surface area contributed by atoms with Gasteiger partial charge in [-0.05, 0) is 48.4 Å². The minimum absolute atomic E-state index is 0.0775. The number of anilines is 2. The summed E-state index contributed by atoms with van der Waals surface area (Å²) in [7, 11) is 0. The summed E-state index contributed by atoms with van der Waals surface area (Å²) in [6, 6.07) is 12.7. The Morgan fingerprint density at radius 1 is 1.00 bits per heavy atom. The standard InChI is InChI=1S/C21H21FN4O3/c1-2-14-3-7-16(8-4-14)23-19(27)13-26-20(28)12-11-18(25-26)21(29)24-17-9-5-15(22)6-10-17/h3-10H,2,11-13H2,1H3,(H,23,27)(H,24,29). The van der Waals surface area contributed by atoms with E-state index in [4.69, 9.17) is 0 Å². The van der Waals surface area contributed by atoms with Crippen molar-refractivity contribution in [3.63, 3.8) is 0 Å². The molecule has 2 aromatic carbocycles. The minimum Gasteiger partial charge on any atom is -0.324 e. The molecule has 8 heteroatoms. The number of hydrogen-bond donors (Lipinski definition) is 2. The number of amides is 3. The fourth-order valence-electron chi connectivity index (χ4n) is 2.79. The lowest BCUT2D eigenvalue weighted by Crippen LogP contribution is -2.40. The molecule has 1 heterocycles. The smallest absolute Gasteiger partial charge is 0.271 e. The predicted octanol–water partition coefficient (Wildman–Crippen LogP) is 2.94. The van der Waals surface area contributed by atoms with Crippen LogP contribution >= 0.6 is 0 Å². The summed E-state index contributed by atoms with van der Waals surface area (Å²) in [6.45, 7) is 1.75. The van der Waals surface area contributed by atoms with E-state index < -0.39 is 17.6 Å². The van der Waals surface area contributed by atoms with Gasteiger partial charge in [-0.25, -0.2) is 9.40 Å². The third-order valence-corrected chi connectivity index (χ3v) is 4.41. The summed E-state index contributed by atoms with van der Waals surface area (Å²) >= 11 is 0. The lowest BCUT2D eigenvalue weighted by atomic mass is 10.1. The summed E-state index contributed by atoms with van der Waals surface area (Å²) < 4.78 is 13.0. The number of benzene rings is 2. The van der Waals surface area contributed by atoms with Gasteiger partial charge in [0, 0.05) is 24.2 Å². The van der Waals surface area contributed by atoms with Crippen molar-refractivity contribution in [3.8, 4) is 0 Å².